The molecule has 0 aromatic heterocycles. The quantitative estimate of drug-likeness (QED) is 0.481. The monoisotopic (exact) mass is 305 g/mol. The molecule has 0 atom stereocenters. The lowest BCUT2D eigenvalue weighted by atomic mass is 10.0. The lowest BCUT2D eigenvalue weighted by Crippen LogP contribution is -1.98. The van der Waals surface area contributed by atoms with Crippen molar-refractivity contribution in [1.82, 2.24) is 0 Å². The second-order valence-electron chi connectivity index (χ2n) is 4.37. The van der Waals surface area contributed by atoms with Crippen LogP contribution in [-0.2, 0) is 0 Å². The maximum atomic E-state index is 14.2. The number of benzene rings is 2. The number of aldehydes is 1. The molecule has 22 heavy (non-hydrogen) atoms. The molecule has 0 amide bonds. The van der Waals surface area contributed by atoms with Crippen molar-refractivity contribution < 1.29 is 23.6 Å². The van der Waals surface area contributed by atoms with E-state index in [2.05, 4.69) is 0 Å². The lowest BCUT2D eigenvalue weighted by molar-refractivity contribution is -0.385. The summed E-state index contributed by atoms with van der Waals surface area (Å²) < 4.78 is 24.4. The lowest BCUT2D eigenvalue weighted by Gasteiger charge is -2.10. The van der Waals surface area contributed by atoms with Crippen LogP contribution in [0.5, 0.6) is 11.5 Å². The topological polar surface area (TPSA) is 78.7 Å². The minimum atomic E-state index is -0.812. The predicted octanol–water partition coefficient (Wildman–Crippen LogP) is 3.23. The third-order valence-electron chi connectivity index (χ3n) is 3.10. The third-order valence-corrected chi connectivity index (χ3v) is 3.10. The van der Waals surface area contributed by atoms with Gasteiger partial charge in [0.2, 0.25) is 0 Å². The van der Waals surface area contributed by atoms with Crippen LogP contribution in [0, 0.1) is 15.9 Å². The van der Waals surface area contributed by atoms with Crippen LogP contribution >= 0.6 is 0 Å². The Labute approximate surface area is 125 Å². The van der Waals surface area contributed by atoms with Gasteiger partial charge in [-0.2, -0.15) is 0 Å². The first kappa shape index (κ1) is 15.4. The number of methoxy groups -OCH3 is 2. The van der Waals surface area contributed by atoms with E-state index in [1.54, 1.807) is 18.2 Å². The molecule has 114 valence electrons. The normalized spacial score (nSPS) is 10.1. The van der Waals surface area contributed by atoms with E-state index in [9.17, 15) is 19.3 Å². The standard InChI is InChI=1S/C15H12FNO5/c1-21-11-3-9(4-12(6-11)22-2)13-5-10(8-18)15(17(19)20)7-14(13)16/h3-8H,1-2H3. The van der Waals surface area contributed by atoms with Crippen LogP contribution in [0.15, 0.2) is 30.3 Å². The van der Waals surface area contributed by atoms with Crippen molar-refractivity contribution in [2.45, 2.75) is 0 Å². The molecule has 0 fully saturated rings. The summed E-state index contributed by atoms with van der Waals surface area (Å²) in [6, 6.07) is 6.55. The van der Waals surface area contributed by atoms with Gasteiger partial charge in [-0.25, -0.2) is 4.39 Å². The molecule has 0 saturated carbocycles. The van der Waals surface area contributed by atoms with E-state index in [0.29, 0.717) is 23.3 Å². The first-order chi connectivity index (χ1) is 10.5. The van der Waals surface area contributed by atoms with Crippen LogP contribution in [0.3, 0.4) is 0 Å². The van der Waals surface area contributed by atoms with Crippen molar-refractivity contribution in [1.29, 1.82) is 0 Å². The number of nitro groups is 1. The molecule has 0 spiro atoms. The molecule has 0 unspecified atom stereocenters. The van der Waals surface area contributed by atoms with Crippen molar-refractivity contribution in [3.05, 3.63) is 51.8 Å². The summed E-state index contributed by atoms with van der Waals surface area (Å²) in [4.78, 5) is 21.0. The van der Waals surface area contributed by atoms with E-state index in [0.717, 1.165) is 12.1 Å². The first-order valence-corrected chi connectivity index (χ1v) is 6.16. The Bertz CT molecular complexity index is 723. The molecular formula is C15H12FNO5. The van der Waals surface area contributed by atoms with Gasteiger partial charge in [-0.1, -0.05) is 0 Å². The minimum Gasteiger partial charge on any atom is -0.497 e. The predicted molar refractivity (Wildman–Crippen MR) is 77.0 cm³/mol. The van der Waals surface area contributed by atoms with E-state index in [-0.39, 0.29) is 11.1 Å². The Morgan fingerprint density at radius 2 is 1.68 bits per heavy atom. The summed E-state index contributed by atoms with van der Waals surface area (Å²) in [5.74, 6) is 0.0483. The van der Waals surface area contributed by atoms with Crippen molar-refractivity contribution >= 4 is 12.0 Å². The average molecular weight is 305 g/mol. The van der Waals surface area contributed by atoms with E-state index in [4.69, 9.17) is 9.47 Å². The zero-order valence-electron chi connectivity index (χ0n) is 11.8. The third kappa shape index (κ3) is 2.88. The Morgan fingerprint density at radius 3 is 2.14 bits per heavy atom. The summed E-state index contributed by atoms with van der Waals surface area (Å²) in [6.45, 7) is 0. The van der Waals surface area contributed by atoms with Crippen molar-refractivity contribution in [3.8, 4) is 22.6 Å². The van der Waals surface area contributed by atoms with Crippen LogP contribution in [0.25, 0.3) is 11.1 Å². The molecule has 0 saturated heterocycles. The first-order valence-electron chi connectivity index (χ1n) is 6.16. The number of nitrogens with zero attached hydrogens (tertiary/aromatic N) is 1. The van der Waals surface area contributed by atoms with Crippen molar-refractivity contribution in [3.63, 3.8) is 0 Å². The summed E-state index contributed by atoms with van der Waals surface area (Å²) >= 11 is 0. The molecule has 0 heterocycles. The van der Waals surface area contributed by atoms with Gasteiger partial charge in [-0.15, -0.1) is 0 Å². The molecule has 0 N–H and O–H groups in total. The maximum Gasteiger partial charge on any atom is 0.282 e. The molecule has 2 aromatic rings. The van der Waals surface area contributed by atoms with E-state index < -0.39 is 16.4 Å². The van der Waals surface area contributed by atoms with Crippen LogP contribution in [0.2, 0.25) is 0 Å². The molecule has 6 nitrogen and oxygen atoms in total. The minimum absolute atomic E-state index is 0.0462. The molecule has 0 aliphatic carbocycles. The number of rotatable bonds is 5. The summed E-state index contributed by atoms with van der Waals surface area (Å²) in [6.07, 6.45) is 0.318. The number of hydrogen-bond donors (Lipinski definition) is 0. The van der Waals surface area contributed by atoms with Crippen LogP contribution in [0.4, 0.5) is 10.1 Å². The van der Waals surface area contributed by atoms with Gasteiger partial charge >= 0.3 is 0 Å². The second-order valence-corrected chi connectivity index (χ2v) is 4.37. The van der Waals surface area contributed by atoms with Gasteiger partial charge in [0.05, 0.1) is 30.8 Å². The zero-order chi connectivity index (χ0) is 16.3. The highest BCUT2D eigenvalue weighted by molar-refractivity contribution is 5.85. The molecule has 0 aliphatic heterocycles. The van der Waals surface area contributed by atoms with Gasteiger partial charge in [0, 0.05) is 11.6 Å². The summed E-state index contributed by atoms with van der Waals surface area (Å²) in [7, 11) is 2.89. The van der Waals surface area contributed by atoms with Crippen molar-refractivity contribution in [2.24, 2.45) is 0 Å². The van der Waals surface area contributed by atoms with Crippen LogP contribution in [-0.4, -0.2) is 25.4 Å². The van der Waals surface area contributed by atoms with Gasteiger partial charge in [0.1, 0.15) is 17.3 Å². The van der Waals surface area contributed by atoms with Gasteiger partial charge in [0.15, 0.2) is 6.29 Å². The van der Waals surface area contributed by atoms with Crippen LogP contribution < -0.4 is 9.47 Å². The van der Waals surface area contributed by atoms with Crippen molar-refractivity contribution in [2.75, 3.05) is 14.2 Å². The Kier molecular flexibility index (Phi) is 4.36. The fourth-order valence-corrected chi connectivity index (χ4v) is 2.02. The Hall–Kier alpha value is -2.96. The van der Waals surface area contributed by atoms with Gasteiger partial charge < -0.3 is 9.47 Å². The molecule has 2 aromatic carbocycles. The molecule has 2 rings (SSSR count). The smallest absolute Gasteiger partial charge is 0.282 e. The molecule has 0 bridgehead atoms. The highest BCUT2D eigenvalue weighted by Crippen LogP contribution is 2.34. The number of hydrogen-bond acceptors (Lipinski definition) is 5. The molecule has 0 radical (unpaired) electrons. The number of ether oxygens (including phenoxy) is 2. The molecule has 0 aliphatic rings. The Morgan fingerprint density at radius 1 is 1.09 bits per heavy atom. The van der Waals surface area contributed by atoms with Gasteiger partial charge in [0.25, 0.3) is 5.69 Å². The summed E-state index contributed by atoms with van der Waals surface area (Å²) in [5, 5.41) is 10.8. The number of nitro benzene ring substituents is 1. The molecule has 7 heteroatoms. The van der Waals surface area contributed by atoms with E-state index in [1.807, 2.05) is 0 Å². The van der Waals surface area contributed by atoms with Gasteiger partial charge in [-0.05, 0) is 23.8 Å². The number of carbonyl (C=O) groups is 1. The molecular weight excluding hydrogens is 293 g/mol. The fourth-order valence-electron chi connectivity index (χ4n) is 2.02. The second kappa shape index (κ2) is 6.21. The van der Waals surface area contributed by atoms with Gasteiger partial charge in [-0.3, -0.25) is 14.9 Å². The number of halogens is 1. The van der Waals surface area contributed by atoms with E-state index >= 15 is 0 Å². The number of carbonyl (C=O) groups excluding carboxylic acids is 1. The van der Waals surface area contributed by atoms with E-state index in [1.165, 1.54) is 14.2 Å². The SMILES string of the molecule is COc1cc(OC)cc(-c2cc(C=O)c([N+](=O)[O-])cc2F)c1. The maximum absolute atomic E-state index is 14.2. The largest absolute Gasteiger partial charge is 0.497 e. The highest BCUT2D eigenvalue weighted by atomic mass is 19.1. The average Bonchev–Trinajstić information content (AvgIpc) is 2.53. The highest BCUT2D eigenvalue weighted by Gasteiger charge is 2.19. The summed E-state index contributed by atoms with van der Waals surface area (Å²) in [5.41, 5.74) is -0.356. The zero-order valence-corrected chi connectivity index (χ0v) is 11.8. The fraction of sp³-hybridized carbons (Fsp3) is 0.133. The Balaban J connectivity index is 2.67. The van der Waals surface area contributed by atoms with Crippen LogP contribution in [0.1, 0.15) is 10.4 Å².